The molecular formula is C22H22FN5O4. The molecule has 2 aromatic carbocycles. The number of benzene rings is 2. The van der Waals surface area contributed by atoms with Crippen LogP contribution in [0.2, 0.25) is 0 Å². The number of rotatable bonds is 6. The molecule has 1 amide bonds. The fourth-order valence-corrected chi connectivity index (χ4v) is 3.72. The van der Waals surface area contributed by atoms with Gasteiger partial charge in [0.05, 0.1) is 29.4 Å². The van der Waals surface area contributed by atoms with Crippen LogP contribution in [-0.4, -0.2) is 46.7 Å². The molecule has 166 valence electrons. The molecule has 0 radical (unpaired) electrons. The average Bonchev–Trinajstić information content (AvgIpc) is 3.23. The number of non-ortho nitro benzene ring substituents is 1. The number of aryl methyl sites for hydroxylation is 1. The molecule has 1 fully saturated rings. The van der Waals surface area contributed by atoms with E-state index in [1.54, 1.807) is 42.2 Å². The number of carbonyl (C=O) groups excluding carboxylic acids is 1. The number of aromatic nitrogens is 2. The van der Waals surface area contributed by atoms with Gasteiger partial charge in [-0.25, -0.2) is 9.37 Å². The number of morpholine rings is 1. The molecule has 0 saturated carbocycles. The first kappa shape index (κ1) is 21.4. The minimum Gasteiger partial charge on any atom is -0.378 e. The number of nitrogens with zero attached hydrogens (tertiary/aromatic N) is 4. The van der Waals surface area contributed by atoms with Gasteiger partial charge in [0, 0.05) is 44.7 Å². The highest BCUT2D eigenvalue weighted by atomic mass is 19.1. The maximum Gasteiger partial charge on any atom is 0.270 e. The highest BCUT2D eigenvalue weighted by Gasteiger charge is 2.26. The van der Waals surface area contributed by atoms with Crippen LogP contribution in [0.1, 0.15) is 27.8 Å². The highest BCUT2D eigenvalue weighted by Crippen LogP contribution is 2.28. The fraction of sp³-hybridized carbons (Fsp3) is 0.273. The number of halogens is 1. The van der Waals surface area contributed by atoms with Crippen LogP contribution < -0.4 is 10.2 Å². The van der Waals surface area contributed by atoms with Crippen LogP contribution in [0.25, 0.3) is 0 Å². The van der Waals surface area contributed by atoms with Crippen molar-refractivity contribution >= 4 is 17.3 Å². The molecular weight excluding hydrogens is 417 g/mol. The number of ether oxygens (including phenoxy) is 1. The van der Waals surface area contributed by atoms with Crippen molar-refractivity contribution in [3.8, 4) is 0 Å². The van der Waals surface area contributed by atoms with Gasteiger partial charge in [0.25, 0.3) is 11.6 Å². The second-order valence-corrected chi connectivity index (χ2v) is 7.41. The molecule has 9 nitrogen and oxygen atoms in total. The SMILES string of the molecule is Cn1ccnc1C(NC(=O)c1cc([N+](=O)[O-])ccc1N1CCOCC1)c1ccc(F)cc1. The van der Waals surface area contributed by atoms with Gasteiger partial charge in [-0.1, -0.05) is 12.1 Å². The zero-order chi connectivity index (χ0) is 22.7. The smallest absolute Gasteiger partial charge is 0.270 e. The van der Waals surface area contributed by atoms with Gasteiger partial charge in [-0.2, -0.15) is 0 Å². The zero-order valence-corrected chi connectivity index (χ0v) is 17.4. The van der Waals surface area contributed by atoms with Crippen molar-refractivity contribution in [2.75, 3.05) is 31.2 Å². The molecule has 1 aromatic heterocycles. The summed E-state index contributed by atoms with van der Waals surface area (Å²) in [6.07, 6.45) is 3.34. The Morgan fingerprint density at radius 1 is 1.22 bits per heavy atom. The topological polar surface area (TPSA) is 103 Å². The van der Waals surface area contributed by atoms with Crippen molar-refractivity contribution in [2.24, 2.45) is 7.05 Å². The number of nitrogens with one attached hydrogen (secondary N) is 1. The van der Waals surface area contributed by atoms with E-state index >= 15 is 0 Å². The first-order valence-electron chi connectivity index (χ1n) is 10.1. The third kappa shape index (κ3) is 4.45. The largest absolute Gasteiger partial charge is 0.378 e. The van der Waals surface area contributed by atoms with Crippen molar-refractivity contribution < 1.29 is 18.8 Å². The first-order chi connectivity index (χ1) is 15.4. The van der Waals surface area contributed by atoms with E-state index in [9.17, 15) is 19.3 Å². The summed E-state index contributed by atoms with van der Waals surface area (Å²) >= 11 is 0. The number of amides is 1. The quantitative estimate of drug-likeness (QED) is 0.468. The second kappa shape index (κ2) is 9.15. The maximum absolute atomic E-state index is 13.5. The molecule has 10 heteroatoms. The Morgan fingerprint density at radius 2 is 1.94 bits per heavy atom. The Labute approximate surface area is 183 Å². The van der Waals surface area contributed by atoms with Crippen LogP contribution in [0, 0.1) is 15.9 Å². The third-order valence-electron chi connectivity index (χ3n) is 5.38. The van der Waals surface area contributed by atoms with Crippen LogP contribution >= 0.6 is 0 Å². The van der Waals surface area contributed by atoms with Gasteiger partial charge in [-0.05, 0) is 23.8 Å². The molecule has 1 saturated heterocycles. The van der Waals surface area contributed by atoms with Crippen LogP contribution in [0.3, 0.4) is 0 Å². The van der Waals surface area contributed by atoms with Crippen LogP contribution in [0.5, 0.6) is 0 Å². The molecule has 32 heavy (non-hydrogen) atoms. The van der Waals surface area contributed by atoms with Gasteiger partial charge < -0.3 is 19.5 Å². The molecule has 1 aliphatic heterocycles. The Balaban J connectivity index is 1.72. The monoisotopic (exact) mass is 439 g/mol. The Hall–Kier alpha value is -3.79. The predicted octanol–water partition coefficient (Wildman–Crippen LogP) is 2.82. The van der Waals surface area contributed by atoms with E-state index in [2.05, 4.69) is 10.3 Å². The lowest BCUT2D eigenvalue weighted by Gasteiger charge is -2.30. The van der Waals surface area contributed by atoms with Crippen molar-refractivity contribution in [1.29, 1.82) is 0 Å². The van der Waals surface area contributed by atoms with Gasteiger partial charge in [-0.3, -0.25) is 14.9 Å². The van der Waals surface area contributed by atoms with Gasteiger partial charge in [-0.15, -0.1) is 0 Å². The Morgan fingerprint density at radius 3 is 2.56 bits per heavy atom. The molecule has 1 unspecified atom stereocenters. The summed E-state index contributed by atoms with van der Waals surface area (Å²) in [5.41, 5.74) is 1.23. The summed E-state index contributed by atoms with van der Waals surface area (Å²) in [4.78, 5) is 30.6. The third-order valence-corrected chi connectivity index (χ3v) is 5.38. The van der Waals surface area contributed by atoms with Gasteiger partial charge in [0.2, 0.25) is 0 Å². The number of nitro groups is 1. The molecule has 1 N–H and O–H groups in total. The molecule has 0 aliphatic carbocycles. The zero-order valence-electron chi connectivity index (χ0n) is 17.4. The van der Waals surface area contributed by atoms with E-state index in [1.807, 2.05) is 4.90 Å². The summed E-state index contributed by atoms with van der Waals surface area (Å²) < 4.78 is 20.6. The van der Waals surface area contributed by atoms with E-state index in [0.29, 0.717) is 43.4 Å². The number of hydrogen-bond donors (Lipinski definition) is 1. The second-order valence-electron chi connectivity index (χ2n) is 7.41. The summed E-state index contributed by atoms with van der Waals surface area (Å²) in [7, 11) is 1.79. The first-order valence-corrected chi connectivity index (χ1v) is 10.1. The number of nitro benzene ring substituents is 1. The van der Waals surface area contributed by atoms with Crippen molar-refractivity contribution in [1.82, 2.24) is 14.9 Å². The van der Waals surface area contributed by atoms with Crippen molar-refractivity contribution in [3.05, 3.63) is 87.7 Å². The van der Waals surface area contributed by atoms with Crippen molar-refractivity contribution in [3.63, 3.8) is 0 Å². The van der Waals surface area contributed by atoms with E-state index in [0.717, 1.165) is 0 Å². The average molecular weight is 439 g/mol. The fourth-order valence-electron chi connectivity index (χ4n) is 3.72. The lowest BCUT2D eigenvalue weighted by molar-refractivity contribution is -0.384. The standard InChI is InChI=1S/C22H22FN5O4/c1-26-9-8-24-21(26)20(15-2-4-16(23)5-3-15)25-22(29)18-14-17(28(30)31)6-7-19(18)27-10-12-32-13-11-27/h2-9,14,20H,10-13H2,1H3,(H,25,29). The number of anilines is 1. The lowest BCUT2D eigenvalue weighted by Crippen LogP contribution is -2.38. The van der Waals surface area contributed by atoms with Crippen LogP contribution in [0.15, 0.2) is 54.9 Å². The van der Waals surface area contributed by atoms with E-state index in [1.165, 1.54) is 24.3 Å². The predicted molar refractivity (Wildman–Crippen MR) is 115 cm³/mol. The summed E-state index contributed by atoms with van der Waals surface area (Å²) in [6.45, 7) is 2.14. The highest BCUT2D eigenvalue weighted by molar-refractivity contribution is 6.01. The molecule has 0 spiro atoms. The minimum absolute atomic E-state index is 0.178. The van der Waals surface area contributed by atoms with Gasteiger partial charge >= 0.3 is 0 Å². The Bertz CT molecular complexity index is 1130. The van der Waals surface area contributed by atoms with Crippen LogP contribution in [-0.2, 0) is 11.8 Å². The number of carbonyl (C=O) groups is 1. The van der Waals surface area contributed by atoms with Crippen molar-refractivity contribution in [2.45, 2.75) is 6.04 Å². The molecule has 2 heterocycles. The molecule has 1 atom stereocenters. The van der Waals surface area contributed by atoms with E-state index < -0.39 is 22.7 Å². The molecule has 0 bridgehead atoms. The summed E-state index contributed by atoms with van der Waals surface area (Å²) in [5, 5.41) is 14.3. The van der Waals surface area contributed by atoms with Gasteiger partial charge in [0.15, 0.2) is 0 Å². The maximum atomic E-state index is 13.5. The van der Waals surface area contributed by atoms with E-state index in [4.69, 9.17) is 4.74 Å². The lowest BCUT2D eigenvalue weighted by atomic mass is 10.0. The molecule has 3 aromatic rings. The number of hydrogen-bond acceptors (Lipinski definition) is 6. The van der Waals surface area contributed by atoms with Crippen LogP contribution in [0.4, 0.5) is 15.8 Å². The van der Waals surface area contributed by atoms with E-state index in [-0.39, 0.29) is 11.3 Å². The summed E-state index contributed by atoms with van der Waals surface area (Å²) in [6, 6.07) is 9.34. The minimum atomic E-state index is -0.681. The Kier molecular flexibility index (Phi) is 6.13. The molecule has 1 aliphatic rings. The number of imidazole rings is 1. The normalized spacial score (nSPS) is 14.8. The summed E-state index contributed by atoms with van der Waals surface area (Å²) in [5.74, 6) is -0.345. The van der Waals surface area contributed by atoms with Gasteiger partial charge in [0.1, 0.15) is 17.7 Å². The molecule has 4 rings (SSSR count).